The molecule has 0 aliphatic heterocycles. The molecule has 0 spiro atoms. The first-order valence-corrected chi connectivity index (χ1v) is 22.0. The summed E-state index contributed by atoms with van der Waals surface area (Å²) in [5, 5.41) is 72.8. The number of aliphatic carboxylic acids is 5. The largest absolute Gasteiger partial charge is 0.481 e. The summed E-state index contributed by atoms with van der Waals surface area (Å²) in [4.78, 5) is 165. The number of benzene rings is 1. The summed E-state index contributed by atoms with van der Waals surface area (Å²) in [6.45, 7) is -0.0194. The number of nitrogens with zero attached hydrogens (tertiary/aromatic N) is 3. The van der Waals surface area contributed by atoms with Crippen molar-refractivity contribution >= 4 is 107 Å². The smallest absolute Gasteiger partial charge is 0.327 e. The van der Waals surface area contributed by atoms with Gasteiger partial charge in [-0.3, -0.25) is 58.3 Å². The third-order valence-electron chi connectivity index (χ3n) is 9.84. The van der Waals surface area contributed by atoms with Gasteiger partial charge in [0.15, 0.2) is 17.1 Å². The molecule has 2 heterocycles. The van der Waals surface area contributed by atoms with Crippen molar-refractivity contribution in [2.75, 3.05) is 23.3 Å². The Morgan fingerprint density at radius 3 is 1.68 bits per heavy atom. The van der Waals surface area contributed by atoms with Crippen LogP contribution in [0, 0.1) is 5.41 Å². The van der Waals surface area contributed by atoms with Crippen LogP contribution in [0.5, 0.6) is 0 Å². The highest BCUT2D eigenvalue weighted by Crippen LogP contribution is 2.13. The number of aromatic nitrogens is 4. The number of carbonyl (C=O) groups is 11. The highest BCUT2D eigenvalue weighted by Gasteiger charge is 2.35. The molecule has 2 aromatic heterocycles. The van der Waals surface area contributed by atoms with Crippen LogP contribution in [0.15, 0.2) is 35.3 Å². The summed E-state index contributed by atoms with van der Waals surface area (Å²) >= 11 is 3.78. The number of nitrogens with two attached hydrogens (primary N) is 2. The third-order valence-corrected chi connectivity index (χ3v) is 10.2. The van der Waals surface area contributed by atoms with E-state index in [1.807, 2.05) is 16.0 Å². The highest BCUT2D eigenvalue weighted by atomic mass is 32.1. The van der Waals surface area contributed by atoms with Crippen molar-refractivity contribution in [3.05, 3.63) is 52.1 Å². The molecule has 0 saturated carbocycles. The van der Waals surface area contributed by atoms with Gasteiger partial charge in [-0.05, 0) is 43.5 Å². The van der Waals surface area contributed by atoms with Crippen LogP contribution in [-0.2, 0) is 54.5 Å². The number of fused-ring (bicyclic) bond motifs is 1. The lowest BCUT2D eigenvalue weighted by Crippen LogP contribution is -2.59. The number of carboxylic acids is 5. The molecule has 1 aromatic carbocycles. The standard InChI is InChI=1S/C40H51N15O17S/c41-39(42)44-9-1-2-19(32(64)51-22(11-27(59)60)34(66)52-23(12-28(61)62)35(67)53-24(15-73)38(71)72)49-33(65)21(10-26(57)58)48-25(56)8-7-20(37(69)70)50-31(63)16-3-5-17(6-4-16)45-13-18-14-46-30-29(47-18)36(68)55-40(43)54-30/h3-6,14,19-24,45,73H,1-2,7-13,15H2,(H,48,56)(H,49,65)(H,50,63)(H,51,64)(H,52,66)(H,53,67)(H,57,58)(H,59,60)(H,61,62)(H,69,70)(H,71,72)(H4,41,42,44)(H3,43,46,54,55,68)/t19-,20-,21-,22-,23-,24+/m0/s1. The molecule has 6 atom stereocenters. The molecule has 32 nitrogen and oxygen atoms in total. The van der Waals surface area contributed by atoms with E-state index in [0.717, 1.165) is 0 Å². The average molecular weight is 1050 g/mol. The second-order valence-electron chi connectivity index (χ2n) is 15.5. The molecule has 0 radical (unpaired) electrons. The molecule has 0 unspecified atom stereocenters. The van der Waals surface area contributed by atoms with E-state index in [1.54, 1.807) is 0 Å². The van der Waals surface area contributed by atoms with E-state index in [2.05, 4.69) is 59.1 Å². The fourth-order valence-electron chi connectivity index (χ4n) is 6.25. The van der Waals surface area contributed by atoms with Crippen LogP contribution in [0.3, 0.4) is 0 Å². The average Bonchev–Trinajstić information content (AvgIpc) is 3.30. The predicted octanol–water partition coefficient (Wildman–Crippen LogP) is -5.00. The first kappa shape index (κ1) is 58.1. The first-order chi connectivity index (χ1) is 34.4. The maximum absolute atomic E-state index is 13.7. The minimum atomic E-state index is -2.10. The normalized spacial score (nSPS) is 13.2. The fourth-order valence-corrected chi connectivity index (χ4v) is 6.50. The van der Waals surface area contributed by atoms with Gasteiger partial charge in [-0.15, -0.1) is 0 Å². The van der Waals surface area contributed by atoms with Gasteiger partial charge < -0.3 is 79.5 Å². The van der Waals surface area contributed by atoms with Gasteiger partial charge in [0.25, 0.3) is 11.5 Å². The monoisotopic (exact) mass is 1050 g/mol. The van der Waals surface area contributed by atoms with Gasteiger partial charge in [0.05, 0.1) is 37.7 Å². The van der Waals surface area contributed by atoms with Crippen molar-refractivity contribution in [3.8, 4) is 0 Å². The molecular weight excluding hydrogens is 995 g/mol. The van der Waals surface area contributed by atoms with E-state index in [0.29, 0.717) is 11.4 Å². The Kier molecular flexibility index (Phi) is 22.2. The number of rotatable bonds is 30. The van der Waals surface area contributed by atoms with Crippen LogP contribution in [0.25, 0.3) is 11.2 Å². The number of hydrogen-bond acceptors (Lipinski definition) is 19. The van der Waals surface area contributed by atoms with Crippen molar-refractivity contribution in [2.24, 2.45) is 5.73 Å². The van der Waals surface area contributed by atoms with Gasteiger partial charge in [0, 0.05) is 30.0 Å². The molecule has 6 amide bonds. The first-order valence-electron chi connectivity index (χ1n) is 21.3. The Labute approximate surface area is 415 Å². The molecule has 3 aromatic rings. The number of amides is 6. The fraction of sp³-hybridized carbons (Fsp3) is 0.400. The van der Waals surface area contributed by atoms with E-state index in [9.17, 15) is 83.1 Å². The number of thiol groups is 1. The van der Waals surface area contributed by atoms with Crippen molar-refractivity contribution in [1.82, 2.24) is 57.2 Å². The van der Waals surface area contributed by atoms with Gasteiger partial charge in [0.2, 0.25) is 35.5 Å². The second kappa shape index (κ2) is 27.9. The van der Waals surface area contributed by atoms with E-state index >= 15 is 0 Å². The van der Waals surface area contributed by atoms with Crippen molar-refractivity contribution < 1.29 is 78.3 Å². The molecular formula is C40H51N15O17S. The number of anilines is 2. The zero-order chi connectivity index (χ0) is 54.5. The predicted molar refractivity (Wildman–Crippen MR) is 251 cm³/mol. The number of nitrogens with one attached hydrogen (secondary N) is 10. The Morgan fingerprint density at radius 1 is 0.671 bits per heavy atom. The second-order valence-corrected chi connectivity index (χ2v) is 15.8. The molecule has 394 valence electrons. The van der Waals surface area contributed by atoms with E-state index in [-0.39, 0.29) is 42.2 Å². The van der Waals surface area contributed by atoms with Gasteiger partial charge in [-0.25, -0.2) is 19.6 Å². The van der Waals surface area contributed by atoms with E-state index in [1.165, 1.54) is 30.5 Å². The zero-order valence-electron chi connectivity index (χ0n) is 38.0. The minimum Gasteiger partial charge on any atom is -0.481 e. The number of carboxylic acid groups (broad SMARTS) is 5. The van der Waals surface area contributed by atoms with Gasteiger partial charge in [-0.2, -0.15) is 17.6 Å². The topological polar surface area (TPSA) is 533 Å². The number of hydrogen-bond donors (Lipinski definition) is 18. The van der Waals surface area contributed by atoms with Gasteiger partial charge in [-0.1, -0.05) is 0 Å². The summed E-state index contributed by atoms with van der Waals surface area (Å²) in [5.74, 6) is -16.6. The Morgan fingerprint density at radius 2 is 1.18 bits per heavy atom. The Balaban J connectivity index is 1.70. The minimum absolute atomic E-state index is 0.00363. The molecule has 3 rings (SSSR count). The molecule has 0 aliphatic rings. The molecule has 0 fully saturated rings. The molecule has 73 heavy (non-hydrogen) atoms. The maximum Gasteiger partial charge on any atom is 0.327 e. The quantitative estimate of drug-likeness (QED) is 0.0129. The number of carbonyl (C=O) groups excluding carboxylic acids is 6. The Bertz CT molecular complexity index is 2650. The lowest BCUT2D eigenvalue weighted by atomic mass is 10.1. The number of H-pyrrole nitrogens is 1. The van der Waals surface area contributed by atoms with Crippen molar-refractivity contribution in [2.45, 2.75) is 87.7 Å². The summed E-state index contributed by atoms with van der Waals surface area (Å²) in [6.07, 6.45) is -3.88. The molecule has 0 saturated heterocycles. The van der Waals surface area contributed by atoms with Crippen LogP contribution in [0.1, 0.15) is 61.0 Å². The number of guanidine groups is 1. The Hall–Kier alpha value is -9.17. The maximum atomic E-state index is 13.7. The van der Waals surface area contributed by atoms with Gasteiger partial charge >= 0.3 is 29.8 Å². The van der Waals surface area contributed by atoms with Crippen LogP contribution in [-0.4, -0.2) is 165 Å². The van der Waals surface area contributed by atoms with Crippen molar-refractivity contribution in [3.63, 3.8) is 0 Å². The van der Waals surface area contributed by atoms with E-state index in [4.69, 9.17) is 16.9 Å². The zero-order valence-corrected chi connectivity index (χ0v) is 38.9. The lowest BCUT2D eigenvalue weighted by molar-refractivity contribution is -0.144. The molecule has 19 N–H and O–H groups in total. The van der Waals surface area contributed by atoms with Crippen LogP contribution >= 0.6 is 12.6 Å². The highest BCUT2D eigenvalue weighted by molar-refractivity contribution is 7.80. The number of aromatic amines is 1. The van der Waals surface area contributed by atoms with Gasteiger partial charge in [0.1, 0.15) is 36.3 Å². The summed E-state index contributed by atoms with van der Waals surface area (Å²) < 4.78 is 0. The van der Waals surface area contributed by atoms with Crippen LogP contribution in [0.4, 0.5) is 11.6 Å². The van der Waals surface area contributed by atoms with Crippen LogP contribution < -0.4 is 59.6 Å². The number of nitrogen functional groups attached to an aromatic ring is 1. The summed E-state index contributed by atoms with van der Waals surface area (Å²) in [7, 11) is 0. The summed E-state index contributed by atoms with van der Waals surface area (Å²) in [5.41, 5.74) is 11.0. The molecule has 0 bridgehead atoms. The summed E-state index contributed by atoms with van der Waals surface area (Å²) in [6, 6.07) is -5.54. The molecule has 0 aliphatic carbocycles. The van der Waals surface area contributed by atoms with Crippen LogP contribution in [0.2, 0.25) is 0 Å². The molecule has 33 heteroatoms. The van der Waals surface area contributed by atoms with Crippen molar-refractivity contribution in [1.29, 1.82) is 5.41 Å². The SMILES string of the molecule is N=C(N)NCCC[C@H](NC(=O)[C@H](CC(=O)O)NC(=O)CC[C@H](NC(=O)c1ccc(NCc2cnc3nc(N)[nH]c(=O)c3n2)cc1)C(=O)O)C(=O)N[C@@H](CC(=O)O)C(=O)N[C@@H](CC(=O)O)C(=O)N[C@H](CS)C(=O)O. The lowest BCUT2D eigenvalue weighted by Gasteiger charge is -2.26. The van der Waals surface area contributed by atoms with E-state index < -0.39 is 157 Å². The third kappa shape index (κ3) is 19.6.